The van der Waals surface area contributed by atoms with E-state index in [-0.39, 0.29) is 0 Å². The molecule has 27 heavy (non-hydrogen) atoms. The maximum Gasteiger partial charge on any atom is 0.119 e. The quantitative estimate of drug-likeness (QED) is 0.649. The molecule has 1 aliphatic heterocycles. The number of piperidine rings is 1. The maximum absolute atomic E-state index is 5.35. The zero-order valence-electron chi connectivity index (χ0n) is 16.5. The lowest BCUT2D eigenvalue weighted by molar-refractivity contribution is -0.931. The summed E-state index contributed by atoms with van der Waals surface area (Å²) in [5.74, 6) is 1.37. The predicted molar refractivity (Wildman–Crippen MR) is 110 cm³/mol. The Morgan fingerprint density at radius 2 is 1.74 bits per heavy atom. The highest BCUT2D eigenvalue weighted by Gasteiger charge is 2.34. The average molecular weight is 368 g/mol. The van der Waals surface area contributed by atoms with Crippen LogP contribution in [0, 0.1) is 5.92 Å². The van der Waals surface area contributed by atoms with Crippen molar-refractivity contribution in [2.75, 3.05) is 27.3 Å². The zero-order valence-corrected chi connectivity index (χ0v) is 16.5. The molecule has 1 saturated heterocycles. The van der Waals surface area contributed by atoms with Gasteiger partial charge in [-0.05, 0) is 67.5 Å². The van der Waals surface area contributed by atoms with Crippen LogP contribution >= 0.6 is 0 Å². The Balaban J connectivity index is 1.60. The topological polar surface area (TPSA) is 35.3 Å². The third-order valence-corrected chi connectivity index (χ3v) is 6.41. The van der Waals surface area contributed by atoms with Gasteiger partial charge in [0.05, 0.1) is 37.9 Å². The SMILES string of the molecule is CO/N=C(/c1ccc2cc(OC)ccc2c1)[C@@H]1CCC[NH+](C2CCCC2)C1. The van der Waals surface area contributed by atoms with E-state index in [4.69, 9.17) is 9.57 Å². The van der Waals surface area contributed by atoms with E-state index in [1.54, 1.807) is 19.1 Å². The minimum Gasteiger partial charge on any atom is -0.497 e. The van der Waals surface area contributed by atoms with Crippen molar-refractivity contribution in [1.29, 1.82) is 0 Å². The van der Waals surface area contributed by atoms with E-state index in [1.807, 2.05) is 6.07 Å². The Bertz CT molecular complexity index is 811. The molecule has 2 aliphatic rings. The number of fused-ring (bicyclic) bond motifs is 1. The van der Waals surface area contributed by atoms with Gasteiger partial charge in [-0.25, -0.2) is 0 Å². The molecule has 1 saturated carbocycles. The number of nitrogens with zero attached hydrogens (tertiary/aromatic N) is 1. The second kappa shape index (κ2) is 8.30. The highest BCUT2D eigenvalue weighted by molar-refractivity contribution is 6.04. The minimum atomic E-state index is 0.477. The Hall–Kier alpha value is -2.07. The number of rotatable bonds is 5. The van der Waals surface area contributed by atoms with Gasteiger partial charge in [0.25, 0.3) is 0 Å². The van der Waals surface area contributed by atoms with Crippen LogP contribution in [0.3, 0.4) is 0 Å². The summed E-state index contributed by atoms with van der Waals surface area (Å²) >= 11 is 0. The van der Waals surface area contributed by atoms with Crippen LogP contribution in [0.4, 0.5) is 0 Å². The van der Waals surface area contributed by atoms with E-state index < -0.39 is 0 Å². The predicted octanol–water partition coefficient (Wildman–Crippen LogP) is 3.44. The maximum atomic E-state index is 5.35. The molecule has 1 N–H and O–H groups in total. The third-order valence-electron chi connectivity index (χ3n) is 6.41. The summed E-state index contributed by atoms with van der Waals surface area (Å²) in [6.07, 6.45) is 8.11. The van der Waals surface area contributed by atoms with Crippen molar-refractivity contribution in [2.24, 2.45) is 11.1 Å². The van der Waals surface area contributed by atoms with Crippen molar-refractivity contribution in [3.63, 3.8) is 0 Å². The van der Waals surface area contributed by atoms with Crippen molar-refractivity contribution in [3.8, 4) is 5.75 Å². The number of nitrogens with one attached hydrogen (secondary N) is 1. The van der Waals surface area contributed by atoms with Gasteiger partial charge in [0.2, 0.25) is 0 Å². The van der Waals surface area contributed by atoms with E-state index in [2.05, 4.69) is 35.5 Å². The molecule has 0 aromatic heterocycles. The van der Waals surface area contributed by atoms with Crippen LogP contribution in [0.25, 0.3) is 10.8 Å². The normalized spacial score (nSPS) is 24.3. The summed E-state index contributed by atoms with van der Waals surface area (Å²) in [7, 11) is 3.37. The van der Waals surface area contributed by atoms with E-state index in [1.165, 1.54) is 68.0 Å². The Kier molecular flexibility index (Phi) is 5.63. The molecule has 2 aromatic rings. The largest absolute Gasteiger partial charge is 0.497 e. The standard InChI is InChI=1S/C23H30N2O2/c1-26-22-12-11-17-14-19(10-9-18(17)15-22)23(24-27-2)20-6-5-13-25(16-20)21-7-3-4-8-21/h9-12,14-15,20-21H,3-8,13,16H2,1-2H3/p+1/b24-23-/t20-/m1/s1. The molecule has 0 spiro atoms. The number of hydrogen-bond donors (Lipinski definition) is 1. The van der Waals surface area contributed by atoms with Crippen LogP contribution in [-0.4, -0.2) is 39.1 Å². The lowest BCUT2D eigenvalue weighted by Crippen LogP contribution is -3.17. The fourth-order valence-corrected chi connectivity index (χ4v) is 5.01. The Morgan fingerprint density at radius 3 is 2.52 bits per heavy atom. The third kappa shape index (κ3) is 3.96. The van der Waals surface area contributed by atoms with Crippen molar-refractivity contribution in [2.45, 2.75) is 44.6 Å². The summed E-state index contributed by atoms with van der Waals surface area (Å²) in [5.41, 5.74) is 2.30. The molecule has 144 valence electrons. The summed E-state index contributed by atoms with van der Waals surface area (Å²) in [6, 6.07) is 13.7. The first-order valence-corrected chi connectivity index (χ1v) is 10.3. The molecule has 2 atom stereocenters. The second-order valence-electron chi connectivity index (χ2n) is 8.02. The van der Waals surface area contributed by atoms with E-state index in [9.17, 15) is 0 Å². The number of quaternary nitrogens is 1. The molecule has 0 amide bonds. The molecular formula is C23H31N2O2+. The van der Waals surface area contributed by atoms with Crippen LogP contribution in [0.5, 0.6) is 5.75 Å². The first kappa shape index (κ1) is 18.3. The fourth-order valence-electron chi connectivity index (χ4n) is 5.01. The summed E-state index contributed by atoms with van der Waals surface area (Å²) in [5, 5.41) is 6.91. The number of likely N-dealkylation sites (tertiary alicyclic amines) is 1. The number of hydrogen-bond acceptors (Lipinski definition) is 3. The van der Waals surface area contributed by atoms with Gasteiger partial charge in [0, 0.05) is 5.56 Å². The molecule has 4 heteroatoms. The highest BCUT2D eigenvalue weighted by atomic mass is 16.6. The van der Waals surface area contributed by atoms with E-state index in [0.717, 1.165) is 17.5 Å². The van der Waals surface area contributed by atoms with Crippen LogP contribution in [-0.2, 0) is 4.84 Å². The molecule has 1 aliphatic carbocycles. The first-order valence-electron chi connectivity index (χ1n) is 10.3. The number of oxime groups is 1. The van der Waals surface area contributed by atoms with Gasteiger partial charge in [-0.1, -0.05) is 23.4 Å². The number of ether oxygens (including phenoxy) is 1. The van der Waals surface area contributed by atoms with Crippen LogP contribution in [0.15, 0.2) is 41.6 Å². The molecular weight excluding hydrogens is 336 g/mol. The van der Waals surface area contributed by atoms with Crippen LogP contribution in [0.2, 0.25) is 0 Å². The van der Waals surface area contributed by atoms with Gasteiger partial charge in [-0.2, -0.15) is 0 Å². The van der Waals surface area contributed by atoms with Crippen LogP contribution < -0.4 is 9.64 Å². The van der Waals surface area contributed by atoms with Crippen LogP contribution in [0.1, 0.15) is 44.1 Å². The molecule has 2 fully saturated rings. The zero-order chi connectivity index (χ0) is 18.6. The summed E-state index contributed by atoms with van der Waals surface area (Å²) < 4.78 is 5.35. The van der Waals surface area contributed by atoms with Crippen molar-refractivity contribution < 1.29 is 14.5 Å². The molecule has 4 rings (SSSR count). The van der Waals surface area contributed by atoms with Crippen molar-refractivity contribution in [1.82, 2.24) is 0 Å². The van der Waals surface area contributed by atoms with Gasteiger partial charge < -0.3 is 14.5 Å². The molecule has 0 bridgehead atoms. The molecule has 4 nitrogen and oxygen atoms in total. The lowest BCUT2D eigenvalue weighted by atomic mass is 9.87. The molecule has 2 aromatic carbocycles. The Morgan fingerprint density at radius 1 is 0.963 bits per heavy atom. The molecule has 1 unspecified atom stereocenters. The Labute approximate surface area is 162 Å². The van der Waals surface area contributed by atoms with Gasteiger partial charge in [0.15, 0.2) is 0 Å². The van der Waals surface area contributed by atoms with E-state index >= 15 is 0 Å². The highest BCUT2D eigenvalue weighted by Crippen LogP contribution is 2.25. The smallest absolute Gasteiger partial charge is 0.119 e. The lowest BCUT2D eigenvalue weighted by Gasteiger charge is -2.34. The fraction of sp³-hybridized carbons (Fsp3) is 0.522. The average Bonchev–Trinajstić information content (AvgIpc) is 3.26. The van der Waals surface area contributed by atoms with Gasteiger partial charge in [-0.15, -0.1) is 0 Å². The number of benzene rings is 2. The van der Waals surface area contributed by atoms with Gasteiger partial charge in [0.1, 0.15) is 12.9 Å². The minimum absolute atomic E-state index is 0.477. The molecule has 1 heterocycles. The van der Waals surface area contributed by atoms with Gasteiger partial charge >= 0.3 is 0 Å². The first-order chi connectivity index (χ1) is 13.3. The van der Waals surface area contributed by atoms with Gasteiger partial charge in [-0.3, -0.25) is 0 Å². The monoisotopic (exact) mass is 367 g/mol. The van der Waals surface area contributed by atoms with E-state index in [0.29, 0.717) is 5.92 Å². The summed E-state index contributed by atoms with van der Waals surface area (Å²) in [6.45, 7) is 2.51. The number of methoxy groups -OCH3 is 1. The van der Waals surface area contributed by atoms with Crippen molar-refractivity contribution >= 4 is 16.5 Å². The van der Waals surface area contributed by atoms with Crippen molar-refractivity contribution in [3.05, 3.63) is 42.0 Å². The summed E-state index contributed by atoms with van der Waals surface area (Å²) in [4.78, 5) is 7.07. The molecule has 0 radical (unpaired) electrons. The second-order valence-corrected chi connectivity index (χ2v) is 8.02.